The van der Waals surface area contributed by atoms with Gasteiger partial charge < -0.3 is 19.6 Å². The summed E-state index contributed by atoms with van der Waals surface area (Å²) in [6, 6.07) is 1.66. The first-order valence-electron chi connectivity index (χ1n) is 6.49. The molecule has 0 unspecified atom stereocenters. The van der Waals surface area contributed by atoms with E-state index >= 15 is 0 Å². The second-order valence-corrected chi connectivity index (χ2v) is 5.05. The Hall–Kier alpha value is -2.08. The maximum Gasteiger partial charge on any atom is 0.257 e. The molecule has 0 atom stereocenters. The summed E-state index contributed by atoms with van der Waals surface area (Å²) in [7, 11) is 1.73. The van der Waals surface area contributed by atoms with Gasteiger partial charge in [-0.2, -0.15) is 0 Å². The molecule has 0 fully saturated rings. The lowest BCUT2D eigenvalue weighted by molar-refractivity contribution is 0.0784. The Bertz CT molecular complexity index is 586. The molecule has 108 valence electrons. The van der Waals surface area contributed by atoms with Gasteiger partial charge >= 0.3 is 0 Å². The number of carbonyl (C=O) groups excluding carboxylic acids is 1. The highest BCUT2D eigenvalue weighted by atomic mass is 16.5. The van der Waals surface area contributed by atoms with Crippen molar-refractivity contribution in [3.8, 4) is 0 Å². The number of furan rings is 1. The Balaban J connectivity index is 2.09. The molecule has 2 N–H and O–H groups in total. The fourth-order valence-electron chi connectivity index (χ4n) is 2.01. The fourth-order valence-corrected chi connectivity index (χ4v) is 2.01. The van der Waals surface area contributed by atoms with Crippen LogP contribution in [0.4, 0.5) is 0 Å². The van der Waals surface area contributed by atoms with Crippen LogP contribution in [0.15, 0.2) is 27.5 Å². The zero-order chi connectivity index (χ0) is 14.7. The van der Waals surface area contributed by atoms with Gasteiger partial charge in [0.25, 0.3) is 5.91 Å². The average Bonchev–Trinajstić information content (AvgIpc) is 3.06. The predicted molar refractivity (Wildman–Crippen MR) is 73.0 cm³/mol. The van der Waals surface area contributed by atoms with Gasteiger partial charge in [0, 0.05) is 12.6 Å². The van der Waals surface area contributed by atoms with Crippen LogP contribution in [0.5, 0.6) is 0 Å². The number of nitrogens with two attached hydrogens (primary N) is 1. The van der Waals surface area contributed by atoms with E-state index in [9.17, 15) is 4.79 Å². The maximum atomic E-state index is 12.3. The molecule has 20 heavy (non-hydrogen) atoms. The lowest BCUT2D eigenvalue weighted by Gasteiger charge is -2.16. The molecule has 0 saturated heterocycles. The van der Waals surface area contributed by atoms with Crippen LogP contribution < -0.4 is 5.73 Å². The summed E-state index contributed by atoms with van der Waals surface area (Å²) < 4.78 is 10.2. The van der Waals surface area contributed by atoms with E-state index in [1.54, 1.807) is 24.3 Å². The molecular formula is C14H19N3O3. The molecule has 0 aromatic carbocycles. The summed E-state index contributed by atoms with van der Waals surface area (Å²) in [6.45, 7) is 4.79. The minimum atomic E-state index is -0.121. The monoisotopic (exact) mass is 277 g/mol. The van der Waals surface area contributed by atoms with Crippen LogP contribution in [0.25, 0.3) is 0 Å². The second kappa shape index (κ2) is 5.92. The van der Waals surface area contributed by atoms with Gasteiger partial charge in [-0.05, 0) is 12.0 Å². The predicted octanol–water partition coefficient (Wildman–Crippen LogP) is 2.12. The normalized spacial score (nSPS) is 11.1. The van der Waals surface area contributed by atoms with Gasteiger partial charge in [-0.3, -0.25) is 4.79 Å². The van der Waals surface area contributed by atoms with E-state index in [-0.39, 0.29) is 18.4 Å². The first kappa shape index (κ1) is 14.3. The van der Waals surface area contributed by atoms with Gasteiger partial charge in [0.1, 0.15) is 18.3 Å². The Kier molecular flexibility index (Phi) is 4.24. The van der Waals surface area contributed by atoms with Gasteiger partial charge in [-0.15, -0.1) is 0 Å². The van der Waals surface area contributed by atoms with Crippen molar-refractivity contribution in [1.82, 2.24) is 10.1 Å². The highest BCUT2D eigenvalue weighted by Gasteiger charge is 2.18. The first-order chi connectivity index (χ1) is 9.52. The van der Waals surface area contributed by atoms with Crippen molar-refractivity contribution in [1.29, 1.82) is 0 Å². The fraction of sp³-hybridized carbons (Fsp3) is 0.429. The average molecular weight is 277 g/mol. The molecule has 0 saturated carbocycles. The summed E-state index contributed by atoms with van der Waals surface area (Å²) in [4.78, 5) is 13.9. The maximum absolute atomic E-state index is 12.3. The van der Waals surface area contributed by atoms with Crippen molar-refractivity contribution in [2.75, 3.05) is 7.05 Å². The zero-order valence-corrected chi connectivity index (χ0v) is 11.9. The third-order valence-corrected chi connectivity index (χ3v) is 3.08. The zero-order valence-electron chi connectivity index (χ0n) is 11.9. The van der Waals surface area contributed by atoms with Gasteiger partial charge in [-0.1, -0.05) is 19.0 Å². The molecule has 2 heterocycles. The van der Waals surface area contributed by atoms with Crippen molar-refractivity contribution in [3.05, 3.63) is 41.2 Å². The Morgan fingerprint density at radius 1 is 1.45 bits per heavy atom. The smallest absolute Gasteiger partial charge is 0.257 e. The van der Waals surface area contributed by atoms with Crippen LogP contribution in [0, 0.1) is 0 Å². The van der Waals surface area contributed by atoms with E-state index in [1.807, 2.05) is 13.8 Å². The molecule has 2 rings (SSSR count). The molecule has 0 aliphatic rings. The van der Waals surface area contributed by atoms with Crippen LogP contribution in [0.3, 0.4) is 0 Å². The lowest BCUT2D eigenvalue weighted by Crippen LogP contribution is -2.26. The molecule has 1 amide bonds. The number of carbonyl (C=O) groups is 1. The van der Waals surface area contributed by atoms with E-state index in [2.05, 4.69) is 5.16 Å². The molecule has 2 aromatic rings. The highest BCUT2D eigenvalue weighted by molar-refractivity contribution is 5.93. The molecule has 2 aromatic heterocycles. The topological polar surface area (TPSA) is 85.5 Å². The molecule has 0 aliphatic heterocycles. The minimum Gasteiger partial charge on any atom is -0.467 e. The van der Waals surface area contributed by atoms with E-state index in [1.165, 1.54) is 6.26 Å². The van der Waals surface area contributed by atoms with E-state index in [4.69, 9.17) is 14.7 Å². The third kappa shape index (κ3) is 2.91. The van der Waals surface area contributed by atoms with E-state index in [0.29, 0.717) is 17.9 Å². The van der Waals surface area contributed by atoms with Crippen molar-refractivity contribution in [3.63, 3.8) is 0 Å². The van der Waals surface area contributed by atoms with Crippen LogP contribution in [0.2, 0.25) is 0 Å². The lowest BCUT2D eigenvalue weighted by atomic mass is 10.1. The summed E-state index contributed by atoms with van der Waals surface area (Å²) in [5, 5.41) is 3.97. The van der Waals surface area contributed by atoms with Crippen LogP contribution >= 0.6 is 0 Å². The molecule has 0 bridgehead atoms. The van der Waals surface area contributed by atoms with Gasteiger partial charge in [0.05, 0.1) is 24.3 Å². The van der Waals surface area contributed by atoms with Gasteiger partial charge in [-0.25, -0.2) is 0 Å². The van der Waals surface area contributed by atoms with Crippen molar-refractivity contribution >= 4 is 5.91 Å². The number of hydrogen-bond donors (Lipinski definition) is 1. The largest absolute Gasteiger partial charge is 0.467 e. The number of amides is 1. The second-order valence-electron chi connectivity index (χ2n) is 5.05. The van der Waals surface area contributed by atoms with Gasteiger partial charge in [0.15, 0.2) is 0 Å². The molecule has 6 nitrogen and oxygen atoms in total. The van der Waals surface area contributed by atoms with Gasteiger partial charge in [0.2, 0.25) is 0 Å². The molecule has 0 spiro atoms. The summed E-state index contributed by atoms with van der Waals surface area (Å²) in [6.07, 6.45) is 3.01. The van der Waals surface area contributed by atoms with Crippen molar-refractivity contribution in [2.24, 2.45) is 5.73 Å². The van der Waals surface area contributed by atoms with Crippen LogP contribution in [-0.2, 0) is 13.1 Å². The quantitative estimate of drug-likeness (QED) is 0.904. The Labute approximate surface area is 117 Å². The number of hydrogen-bond acceptors (Lipinski definition) is 5. The standard InChI is InChI=1S/C14H19N3O3/c1-9(2)13-11(8-20-16-13)6-17(3)14(18)10-4-12(5-15)19-7-10/h4,7-9H,5-6,15H2,1-3H3. The highest BCUT2D eigenvalue weighted by Crippen LogP contribution is 2.19. The Morgan fingerprint density at radius 3 is 2.80 bits per heavy atom. The first-order valence-corrected chi connectivity index (χ1v) is 6.49. The van der Waals surface area contributed by atoms with Crippen molar-refractivity contribution < 1.29 is 13.7 Å². The van der Waals surface area contributed by atoms with Crippen LogP contribution in [0.1, 0.15) is 47.1 Å². The summed E-state index contributed by atoms with van der Waals surface area (Å²) in [5.74, 6) is 0.726. The number of rotatable bonds is 5. The SMILES string of the molecule is CC(C)c1nocc1CN(C)C(=O)c1coc(CN)c1. The number of aromatic nitrogens is 1. The third-order valence-electron chi connectivity index (χ3n) is 3.08. The van der Waals surface area contributed by atoms with E-state index < -0.39 is 0 Å². The summed E-state index contributed by atoms with van der Waals surface area (Å²) >= 11 is 0. The molecule has 0 aliphatic carbocycles. The summed E-state index contributed by atoms with van der Waals surface area (Å²) in [5.41, 5.74) is 7.75. The molecule has 6 heteroatoms. The minimum absolute atomic E-state index is 0.121. The Morgan fingerprint density at radius 2 is 2.20 bits per heavy atom. The molecule has 0 radical (unpaired) electrons. The van der Waals surface area contributed by atoms with Crippen molar-refractivity contribution in [2.45, 2.75) is 32.9 Å². The molecular weight excluding hydrogens is 258 g/mol. The van der Waals surface area contributed by atoms with Crippen LogP contribution in [-0.4, -0.2) is 23.0 Å². The number of nitrogens with zero attached hydrogens (tertiary/aromatic N) is 2. The van der Waals surface area contributed by atoms with E-state index in [0.717, 1.165) is 11.3 Å².